The Morgan fingerprint density at radius 2 is 1.67 bits per heavy atom. The normalized spacial score (nSPS) is 13.1. The fourth-order valence-corrected chi connectivity index (χ4v) is 5.55. The lowest BCUT2D eigenvalue weighted by molar-refractivity contribution is -0.121. The van der Waals surface area contributed by atoms with E-state index in [4.69, 9.17) is 11.6 Å². The van der Waals surface area contributed by atoms with Gasteiger partial charge in [-0.3, -0.25) is 4.79 Å². The van der Waals surface area contributed by atoms with Gasteiger partial charge in [0.25, 0.3) is 0 Å². The summed E-state index contributed by atoms with van der Waals surface area (Å²) in [7, 11) is 0. The summed E-state index contributed by atoms with van der Waals surface area (Å²) in [6, 6.07) is 25.3. The molecule has 1 N–H and O–H groups in total. The van der Waals surface area contributed by atoms with Crippen LogP contribution in [0.5, 0.6) is 0 Å². The van der Waals surface area contributed by atoms with Gasteiger partial charge < -0.3 is 14.8 Å². The minimum absolute atomic E-state index is 0.0747. The molecule has 1 aromatic heterocycles. The third-order valence-corrected chi connectivity index (χ3v) is 8.00. The summed E-state index contributed by atoms with van der Waals surface area (Å²) < 4.78 is 2.31. The van der Waals surface area contributed by atoms with E-state index in [9.17, 15) is 4.79 Å². The second-order valence-corrected chi connectivity index (χ2v) is 11.1. The molecule has 4 aromatic rings. The molecule has 5 heteroatoms. The van der Waals surface area contributed by atoms with Crippen LogP contribution in [0.25, 0.3) is 10.9 Å². The van der Waals surface area contributed by atoms with Gasteiger partial charge in [-0.05, 0) is 81.2 Å². The Balaban J connectivity index is 1.58. The Hall–Kier alpha value is -3.08. The Kier molecular flexibility index (Phi) is 10.2. The van der Waals surface area contributed by atoms with E-state index in [1.165, 1.54) is 27.6 Å². The summed E-state index contributed by atoms with van der Waals surface area (Å²) in [6.07, 6.45) is 4.69. The van der Waals surface area contributed by atoms with Crippen molar-refractivity contribution in [1.29, 1.82) is 0 Å². The summed E-state index contributed by atoms with van der Waals surface area (Å²) in [5.41, 5.74) is 5.96. The number of amides is 1. The SMILES string of the molecule is CCN(CC)CCC[C@@H](C)NC(=O)C[C@@H](c1ccc(Cl)cc1)c1cn(Cc2ccc(C)cc2)c2ccccc12. The number of carbonyl (C=O) groups is 1. The molecule has 3 aromatic carbocycles. The van der Waals surface area contributed by atoms with E-state index in [2.05, 4.69) is 109 Å². The molecule has 2 atom stereocenters. The van der Waals surface area contributed by atoms with Gasteiger partial charge in [0.15, 0.2) is 0 Å². The molecule has 0 aliphatic carbocycles. The van der Waals surface area contributed by atoms with Crippen LogP contribution in [0.4, 0.5) is 0 Å². The number of aryl methyl sites for hydroxylation is 1. The van der Waals surface area contributed by atoms with E-state index in [1.54, 1.807) is 0 Å². The summed E-state index contributed by atoms with van der Waals surface area (Å²) in [5.74, 6) is 0.00923. The molecule has 0 unspecified atom stereocenters. The van der Waals surface area contributed by atoms with Gasteiger partial charge in [0.05, 0.1) is 0 Å². The molecule has 0 aliphatic heterocycles. The number of benzene rings is 3. The smallest absolute Gasteiger partial charge is 0.221 e. The Bertz CT molecular complexity index is 1340. The summed E-state index contributed by atoms with van der Waals surface area (Å²) >= 11 is 6.24. The number of rotatable bonds is 13. The lowest BCUT2D eigenvalue weighted by atomic mass is 9.88. The van der Waals surface area contributed by atoms with Crippen LogP contribution >= 0.6 is 11.6 Å². The van der Waals surface area contributed by atoms with Crippen molar-refractivity contribution in [2.24, 2.45) is 0 Å². The molecular formula is C34H42ClN3O. The van der Waals surface area contributed by atoms with E-state index in [-0.39, 0.29) is 17.9 Å². The maximum atomic E-state index is 13.4. The first kappa shape index (κ1) is 28.9. The molecule has 4 rings (SSSR count). The highest BCUT2D eigenvalue weighted by Gasteiger charge is 2.23. The van der Waals surface area contributed by atoms with Crippen molar-refractivity contribution in [2.45, 2.75) is 65.5 Å². The molecule has 0 bridgehead atoms. The lowest BCUT2D eigenvalue weighted by Gasteiger charge is -2.21. The number of hydrogen-bond donors (Lipinski definition) is 1. The van der Waals surface area contributed by atoms with Gasteiger partial charge >= 0.3 is 0 Å². The van der Waals surface area contributed by atoms with E-state index in [1.807, 2.05) is 12.1 Å². The second-order valence-electron chi connectivity index (χ2n) is 10.7. The fraction of sp³-hybridized carbons (Fsp3) is 0.382. The topological polar surface area (TPSA) is 37.3 Å². The Morgan fingerprint density at radius 3 is 2.36 bits per heavy atom. The largest absolute Gasteiger partial charge is 0.354 e. The van der Waals surface area contributed by atoms with Gasteiger partial charge in [0.1, 0.15) is 0 Å². The van der Waals surface area contributed by atoms with Gasteiger partial charge in [0, 0.05) is 47.0 Å². The predicted octanol–water partition coefficient (Wildman–Crippen LogP) is 7.80. The van der Waals surface area contributed by atoms with Crippen LogP contribution in [0.15, 0.2) is 79.0 Å². The summed E-state index contributed by atoms with van der Waals surface area (Å²) in [5, 5.41) is 5.17. The van der Waals surface area contributed by atoms with Crippen molar-refractivity contribution in [3.8, 4) is 0 Å². The molecule has 1 amide bonds. The highest BCUT2D eigenvalue weighted by molar-refractivity contribution is 6.30. The number of fused-ring (bicyclic) bond motifs is 1. The maximum absolute atomic E-state index is 13.4. The summed E-state index contributed by atoms with van der Waals surface area (Å²) in [6.45, 7) is 12.6. The number of halogens is 1. The predicted molar refractivity (Wildman–Crippen MR) is 165 cm³/mol. The van der Waals surface area contributed by atoms with Crippen LogP contribution in [-0.4, -0.2) is 41.1 Å². The number of nitrogens with one attached hydrogen (secondary N) is 1. The first-order valence-corrected chi connectivity index (χ1v) is 14.7. The second kappa shape index (κ2) is 13.8. The highest BCUT2D eigenvalue weighted by atomic mass is 35.5. The molecule has 1 heterocycles. The van der Waals surface area contributed by atoms with Crippen molar-refractivity contribution >= 4 is 28.4 Å². The number of hydrogen-bond acceptors (Lipinski definition) is 2. The molecular weight excluding hydrogens is 502 g/mol. The number of para-hydroxylation sites is 1. The highest BCUT2D eigenvalue weighted by Crippen LogP contribution is 2.35. The molecule has 4 nitrogen and oxygen atoms in total. The third-order valence-electron chi connectivity index (χ3n) is 7.74. The molecule has 0 radical (unpaired) electrons. The molecule has 39 heavy (non-hydrogen) atoms. The lowest BCUT2D eigenvalue weighted by Crippen LogP contribution is -2.34. The summed E-state index contributed by atoms with van der Waals surface area (Å²) in [4.78, 5) is 15.8. The van der Waals surface area contributed by atoms with Crippen molar-refractivity contribution in [3.63, 3.8) is 0 Å². The van der Waals surface area contributed by atoms with Crippen molar-refractivity contribution in [2.75, 3.05) is 19.6 Å². The van der Waals surface area contributed by atoms with E-state index < -0.39 is 0 Å². The van der Waals surface area contributed by atoms with Gasteiger partial charge in [-0.1, -0.05) is 85.6 Å². The Labute approximate surface area is 239 Å². The number of aromatic nitrogens is 1. The number of carbonyl (C=O) groups excluding carboxylic acids is 1. The van der Waals surface area contributed by atoms with Crippen LogP contribution in [-0.2, 0) is 11.3 Å². The van der Waals surface area contributed by atoms with Gasteiger partial charge in [-0.25, -0.2) is 0 Å². The van der Waals surface area contributed by atoms with E-state index in [0.29, 0.717) is 11.4 Å². The van der Waals surface area contributed by atoms with Crippen LogP contribution in [0, 0.1) is 6.92 Å². The van der Waals surface area contributed by atoms with Crippen molar-refractivity contribution in [3.05, 3.63) is 106 Å². The zero-order valence-electron chi connectivity index (χ0n) is 23.8. The standard InChI is InChI=1S/C34H42ClN3O/c1-5-37(6-2)21-9-10-26(4)36-34(39)22-31(28-17-19-29(35)20-18-28)32-24-38(33-12-8-7-11-30(32)33)23-27-15-13-25(3)14-16-27/h7-8,11-20,24,26,31H,5-6,9-10,21-23H2,1-4H3,(H,36,39)/t26-,31+/m1/s1. The average molecular weight is 544 g/mol. The van der Waals surface area contributed by atoms with Gasteiger partial charge in [0.2, 0.25) is 5.91 Å². The molecule has 0 spiro atoms. The first-order valence-electron chi connectivity index (χ1n) is 14.3. The van der Waals surface area contributed by atoms with Crippen molar-refractivity contribution < 1.29 is 4.79 Å². The first-order chi connectivity index (χ1) is 18.9. The monoisotopic (exact) mass is 543 g/mol. The maximum Gasteiger partial charge on any atom is 0.221 e. The zero-order valence-corrected chi connectivity index (χ0v) is 24.5. The fourth-order valence-electron chi connectivity index (χ4n) is 5.43. The molecule has 0 saturated carbocycles. The Morgan fingerprint density at radius 1 is 0.974 bits per heavy atom. The van der Waals surface area contributed by atoms with Crippen LogP contribution in [0.2, 0.25) is 5.02 Å². The quantitative estimate of drug-likeness (QED) is 0.187. The molecule has 0 aliphatic rings. The minimum Gasteiger partial charge on any atom is -0.354 e. The van der Waals surface area contributed by atoms with Crippen molar-refractivity contribution in [1.82, 2.24) is 14.8 Å². The van der Waals surface area contributed by atoms with Gasteiger partial charge in [-0.15, -0.1) is 0 Å². The van der Waals surface area contributed by atoms with Crippen LogP contribution in [0.1, 0.15) is 68.2 Å². The molecule has 0 fully saturated rings. The van der Waals surface area contributed by atoms with Gasteiger partial charge in [-0.2, -0.15) is 0 Å². The third kappa shape index (κ3) is 7.74. The van der Waals surface area contributed by atoms with Crippen LogP contribution in [0.3, 0.4) is 0 Å². The molecule has 0 saturated heterocycles. The number of nitrogens with zero attached hydrogens (tertiary/aromatic N) is 2. The zero-order chi connectivity index (χ0) is 27.8. The van der Waals surface area contributed by atoms with E-state index >= 15 is 0 Å². The minimum atomic E-state index is -0.0747. The molecule has 206 valence electrons. The van der Waals surface area contributed by atoms with Crippen LogP contribution < -0.4 is 5.32 Å². The average Bonchev–Trinajstić information content (AvgIpc) is 3.29. The van der Waals surface area contributed by atoms with E-state index in [0.717, 1.165) is 44.6 Å².